The highest BCUT2D eigenvalue weighted by molar-refractivity contribution is 9.09. The van der Waals surface area contributed by atoms with Gasteiger partial charge in [0.05, 0.1) is 11.0 Å². The van der Waals surface area contributed by atoms with E-state index in [9.17, 15) is 10.1 Å². The van der Waals surface area contributed by atoms with Crippen LogP contribution in [0.5, 0.6) is 5.75 Å². The minimum absolute atomic E-state index is 0.0559. The highest BCUT2D eigenvalue weighted by Crippen LogP contribution is 2.52. The van der Waals surface area contributed by atoms with Crippen molar-refractivity contribution >= 4 is 21.6 Å². The summed E-state index contributed by atoms with van der Waals surface area (Å²) in [5, 5.41) is 12.0. The summed E-state index contributed by atoms with van der Waals surface area (Å²) >= 11 is 3.55. The number of halogens is 1. The van der Waals surface area contributed by atoms with Crippen LogP contribution in [0.15, 0.2) is 12.1 Å². The maximum absolute atomic E-state index is 11.1. The third-order valence-electron chi connectivity index (χ3n) is 3.55. The fourth-order valence-electron chi connectivity index (χ4n) is 2.36. The van der Waals surface area contributed by atoms with Gasteiger partial charge in [-0.1, -0.05) is 15.9 Å². The number of rotatable bonds is 5. The standard InChI is InChI=1S/C14H18BrNO3/c1-9(2)19-13-7-11(14(8-15)4-5-14)10(3)6-12(13)16(17)18/h6-7,9H,4-5,8H2,1-3H3. The Morgan fingerprint density at radius 3 is 2.53 bits per heavy atom. The molecular formula is C14H18BrNO3. The van der Waals surface area contributed by atoms with Crippen molar-refractivity contribution in [3.8, 4) is 5.75 Å². The van der Waals surface area contributed by atoms with Crippen molar-refractivity contribution in [1.29, 1.82) is 0 Å². The number of hydrogen-bond donors (Lipinski definition) is 0. The van der Waals surface area contributed by atoms with Gasteiger partial charge in [0.1, 0.15) is 0 Å². The summed E-state index contributed by atoms with van der Waals surface area (Å²) in [6, 6.07) is 3.50. The summed E-state index contributed by atoms with van der Waals surface area (Å²) in [5.41, 5.74) is 2.35. The molecule has 0 bridgehead atoms. The predicted octanol–water partition coefficient (Wildman–Crippen LogP) is 4.12. The van der Waals surface area contributed by atoms with Crippen LogP contribution in [0.2, 0.25) is 0 Å². The lowest BCUT2D eigenvalue weighted by Gasteiger charge is -2.18. The van der Waals surface area contributed by atoms with E-state index in [4.69, 9.17) is 4.74 Å². The molecule has 1 aromatic rings. The molecule has 0 N–H and O–H groups in total. The normalized spacial score (nSPS) is 16.5. The van der Waals surface area contributed by atoms with Crippen LogP contribution in [0.1, 0.15) is 37.8 Å². The molecule has 0 heterocycles. The zero-order valence-corrected chi connectivity index (χ0v) is 13.0. The number of hydrogen-bond acceptors (Lipinski definition) is 3. The van der Waals surface area contributed by atoms with E-state index >= 15 is 0 Å². The van der Waals surface area contributed by atoms with E-state index in [2.05, 4.69) is 15.9 Å². The maximum Gasteiger partial charge on any atom is 0.311 e. The van der Waals surface area contributed by atoms with Crippen LogP contribution in [0.25, 0.3) is 0 Å². The lowest BCUT2D eigenvalue weighted by atomic mass is 9.93. The monoisotopic (exact) mass is 327 g/mol. The van der Waals surface area contributed by atoms with Gasteiger partial charge in [-0.2, -0.15) is 0 Å². The summed E-state index contributed by atoms with van der Waals surface area (Å²) in [6.45, 7) is 5.69. The molecule has 2 rings (SSSR count). The third-order valence-corrected chi connectivity index (χ3v) is 4.62. The van der Waals surface area contributed by atoms with Crippen molar-refractivity contribution in [2.24, 2.45) is 0 Å². The smallest absolute Gasteiger partial charge is 0.311 e. The van der Waals surface area contributed by atoms with Gasteiger partial charge < -0.3 is 4.74 Å². The zero-order chi connectivity index (χ0) is 14.2. The molecule has 0 radical (unpaired) electrons. The first-order valence-corrected chi connectivity index (χ1v) is 7.54. The number of aryl methyl sites for hydroxylation is 1. The molecule has 1 saturated carbocycles. The van der Waals surface area contributed by atoms with Gasteiger partial charge in [0.15, 0.2) is 5.75 Å². The lowest BCUT2D eigenvalue weighted by molar-refractivity contribution is -0.386. The molecule has 0 aliphatic heterocycles. The first-order valence-electron chi connectivity index (χ1n) is 6.42. The second-order valence-electron chi connectivity index (χ2n) is 5.47. The van der Waals surface area contributed by atoms with Crippen LogP contribution < -0.4 is 4.74 Å². The van der Waals surface area contributed by atoms with Crippen LogP contribution >= 0.6 is 15.9 Å². The van der Waals surface area contributed by atoms with Crippen molar-refractivity contribution in [3.63, 3.8) is 0 Å². The third kappa shape index (κ3) is 2.76. The van der Waals surface area contributed by atoms with Crippen LogP contribution in [0, 0.1) is 17.0 Å². The Hall–Kier alpha value is -1.10. The molecule has 1 fully saturated rings. The maximum atomic E-state index is 11.1. The van der Waals surface area contributed by atoms with Crippen molar-refractivity contribution in [1.82, 2.24) is 0 Å². The average molecular weight is 328 g/mol. The molecule has 4 nitrogen and oxygen atoms in total. The highest BCUT2D eigenvalue weighted by atomic mass is 79.9. The van der Waals surface area contributed by atoms with Crippen molar-refractivity contribution in [3.05, 3.63) is 33.4 Å². The summed E-state index contributed by atoms with van der Waals surface area (Å²) in [5.74, 6) is 0.382. The minimum Gasteiger partial charge on any atom is -0.484 e. The van der Waals surface area contributed by atoms with Crippen LogP contribution in [0.3, 0.4) is 0 Å². The molecule has 0 spiro atoms. The minimum atomic E-state index is -0.373. The van der Waals surface area contributed by atoms with E-state index in [0.29, 0.717) is 5.75 Å². The Kier molecular flexibility index (Phi) is 3.85. The van der Waals surface area contributed by atoms with Crippen molar-refractivity contribution in [2.45, 2.75) is 45.1 Å². The SMILES string of the molecule is Cc1cc([N+](=O)[O-])c(OC(C)C)cc1C1(CBr)CC1. The van der Waals surface area contributed by atoms with Crippen LogP contribution in [-0.2, 0) is 5.41 Å². The topological polar surface area (TPSA) is 52.4 Å². The number of nitro benzene ring substituents is 1. The molecule has 0 saturated heterocycles. The van der Waals surface area contributed by atoms with Gasteiger partial charge >= 0.3 is 5.69 Å². The van der Waals surface area contributed by atoms with E-state index in [1.807, 2.05) is 26.8 Å². The molecule has 0 aromatic heterocycles. The largest absolute Gasteiger partial charge is 0.484 e. The molecule has 0 unspecified atom stereocenters. The Morgan fingerprint density at radius 2 is 2.11 bits per heavy atom. The second-order valence-corrected chi connectivity index (χ2v) is 6.03. The number of nitrogens with zero attached hydrogens (tertiary/aromatic N) is 1. The molecule has 1 aromatic carbocycles. The summed E-state index contributed by atoms with van der Waals surface area (Å²) in [4.78, 5) is 10.7. The van der Waals surface area contributed by atoms with Crippen LogP contribution in [0.4, 0.5) is 5.69 Å². The highest BCUT2D eigenvalue weighted by Gasteiger charge is 2.45. The van der Waals surface area contributed by atoms with E-state index in [0.717, 1.165) is 23.7 Å². The molecule has 0 atom stereocenters. The Balaban J connectivity index is 2.50. The average Bonchev–Trinajstić information content (AvgIpc) is 3.11. The predicted molar refractivity (Wildman–Crippen MR) is 78.3 cm³/mol. The van der Waals surface area contributed by atoms with Gasteiger partial charge in [-0.15, -0.1) is 0 Å². The van der Waals surface area contributed by atoms with E-state index in [1.54, 1.807) is 6.07 Å². The van der Waals surface area contributed by atoms with Gasteiger partial charge in [0.2, 0.25) is 0 Å². The van der Waals surface area contributed by atoms with Gasteiger partial charge in [-0.25, -0.2) is 0 Å². The van der Waals surface area contributed by atoms with E-state index in [-0.39, 0.29) is 22.1 Å². The Bertz CT molecular complexity index is 510. The quantitative estimate of drug-likeness (QED) is 0.464. The van der Waals surface area contributed by atoms with Gasteiger partial charge in [0.25, 0.3) is 0 Å². The first-order chi connectivity index (χ1) is 8.89. The number of alkyl halides is 1. The fourth-order valence-corrected chi connectivity index (χ4v) is 3.22. The number of nitro groups is 1. The Morgan fingerprint density at radius 1 is 1.47 bits per heavy atom. The molecular weight excluding hydrogens is 310 g/mol. The molecule has 19 heavy (non-hydrogen) atoms. The van der Waals surface area contributed by atoms with E-state index < -0.39 is 0 Å². The van der Waals surface area contributed by atoms with Gasteiger partial charge in [0, 0.05) is 16.8 Å². The zero-order valence-electron chi connectivity index (χ0n) is 11.4. The van der Waals surface area contributed by atoms with E-state index in [1.165, 1.54) is 5.56 Å². The Labute approximate surface area is 121 Å². The number of benzene rings is 1. The second kappa shape index (κ2) is 5.12. The van der Waals surface area contributed by atoms with Crippen LogP contribution in [-0.4, -0.2) is 16.4 Å². The summed E-state index contributed by atoms with van der Waals surface area (Å²) in [6.07, 6.45) is 2.17. The molecule has 104 valence electrons. The van der Waals surface area contributed by atoms with Crippen molar-refractivity contribution < 1.29 is 9.66 Å². The summed E-state index contributed by atoms with van der Waals surface area (Å²) in [7, 11) is 0. The van der Waals surface area contributed by atoms with Gasteiger partial charge in [-0.3, -0.25) is 10.1 Å². The van der Waals surface area contributed by atoms with Crippen molar-refractivity contribution in [2.75, 3.05) is 5.33 Å². The summed E-state index contributed by atoms with van der Waals surface area (Å²) < 4.78 is 5.61. The first kappa shape index (κ1) is 14.3. The lowest BCUT2D eigenvalue weighted by Crippen LogP contribution is -2.13. The molecule has 0 amide bonds. The van der Waals surface area contributed by atoms with Gasteiger partial charge in [-0.05, 0) is 50.8 Å². The molecule has 1 aliphatic carbocycles. The fraction of sp³-hybridized carbons (Fsp3) is 0.571. The molecule has 5 heteroatoms. The molecule has 1 aliphatic rings. The number of ether oxygens (including phenoxy) is 1.